The zero-order valence-electron chi connectivity index (χ0n) is 8.97. The van der Waals surface area contributed by atoms with Crippen LogP contribution in [0.15, 0.2) is 12.1 Å². The lowest BCUT2D eigenvalue weighted by molar-refractivity contribution is 0.759. The molecule has 0 bridgehead atoms. The average Bonchev–Trinajstić information content (AvgIpc) is 2.22. The molecule has 0 spiro atoms. The van der Waals surface area contributed by atoms with E-state index in [-0.39, 0.29) is 6.04 Å². The van der Waals surface area contributed by atoms with Crippen molar-refractivity contribution in [1.82, 2.24) is 4.72 Å². The molecule has 5 heteroatoms. The minimum Gasteiger partial charge on any atom is -0.330 e. The number of aryl methyl sites for hydroxylation is 1. The van der Waals surface area contributed by atoms with Crippen LogP contribution in [0.2, 0.25) is 5.02 Å². The van der Waals surface area contributed by atoms with Gasteiger partial charge in [0.1, 0.15) is 0 Å². The number of thiol groups is 1. The summed E-state index contributed by atoms with van der Waals surface area (Å²) in [6.45, 7) is 4.08. The molecule has 0 radical (unpaired) electrons. The summed E-state index contributed by atoms with van der Waals surface area (Å²) in [5, 5.41) is 0.756. The van der Waals surface area contributed by atoms with Crippen LogP contribution in [0.25, 0.3) is 0 Å². The van der Waals surface area contributed by atoms with Gasteiger partial charge >= 0.3 is 0 Å². The number of nitrogens with one attached hydrogen (secondary N) is 2. The second-order valence-corrected chi connectivity index (χ2v) is 4.62. The van der Waals surface area contributed by atoms with E-state index in [1.165, 1.54) is 5.56 Å². The van der Waals surface area contributed by atoms with Gasteiger partial charge in [-0.1, -0.05) is 42.4 Å². The Morgan fingerprint density at radius 1 is 1.47 bits per heavy atom. The van der Waals surface area contributed by atoms with Gasteiger partial charge < -0.3 is 4.72 Å². The fourth-order valence-electron chi connectivity index (χ4n) is 1.33. The van der Waals surface area contributed by atoms with E-state index in [0.29, 0.717) is 0 Å². The topological polar surface area (TPSA) is 24.1 Å². The smallest absolute Gasteiger partial charge is 0.0484 e. The molecule has 0 aliphatic carbocycles. The van der Waals surface area contributed by atoms with Crippen molar-refractivity contribution in [2.24, 2.45) is 0 Å². The molecule has 1 aromatic carbocycles. The standard InChI is InChI=1S/C10H15ClN2S2/c1-6-4-8(7(2)12-14)9(11)5-10(6)13-15-3/h4-5,7,12-14H,1-3H3. The second kappa shape index (κ2) is 5.89. The number of benzene rings is 1. The van der Waals surface area contributed by atoms with E-state index in [2.05, 4.69) is 35.2 Å². The quantitative estimate of drug-likeness (QED) is 0.568. The minimum atomic E-state index is 0.142. The summed E-state index contributed by atoms with van der Waals surface area (Å²) in [6, 6.07) is 4.17. The molecular formula is C10H15ClN2S2. The normalized spacial score (nSPS) is 12.6. The summed E-state index contributed by atoms with van der Waals surface area (Å²) in [4.78, 5) is 0. The van der Waals surface area contributed by atoms with Crippen molar-refractivity contribution in [3.8, 4) is 0 Å². The summed E-state index contributed by atoms with van der Waals surface area (Å²) < 4.78 is 6.08. The van der Waals surface area contributed by atoms with Gasteiger partial charge in [0.05, 0.1) is 0 Å². The van der Waals surface area contributed by atoms with Crippen LogP contribution in [0, 0.1) is 6.92 Å². The molecule has 0 aliphatic heterocycles. The molecule has 2 nitrogen and oxygen atoms in total. The molecular weight excluding hydrogens is 248 g/mol. The van der Waals surface area contributed by atoms with Crippen molar-refractivity contribution in [3.05, 3.63) is 28.3 Å². The predicted octanol–water partition coefficient (Wildman–Crippen LogP) is 3.83. The van der Waals surface area contributed by atoms with Crippen molar-refractivity contribution < 1.29 is 0 Å². The Labute approximate surface area is 106 Å². The first-order valence-corrected chi connectivity index (χ1v) is 6.63. The number of hydrogen-bond donors (Lipinski definition) is 3. The fourth-order valence-corrected chi connectivity index (χ4v) is 2.23. The van der Waals surface area contributed by atoms with Gasteiger partial charge in [-0.2, -0.15) is 0 Å². The molecule has 1 atom stereocenters. The summed E-state index contributed by atoms with van der Waals surface area (Å²) in [7, 11) is 0. The Kier molecular flexibility index (Phi) is 5.12. The van der Waals surface area contributed by atoms with Gasteiger partial charge in [0.15, 0.2) is 0 Å². The largest absolute Gasteiger partial charge is 0.330 e. The number of rotatable bonds is 4. The van der Waals surface area contributed by atoms with E-state index in [0.717, 1.165) is 16.3 Å². The highest BCUT2D eigenvalue weighted by molar-refractivity contribution is 7.99. The van der Waals surface area contributed by atoms with Crippen molar-refractivity contribution in [2.45, 2.75) is 19.9 Å². The fraction of sp³-hybridized carbons (Fsp3) is 0.400. The van der Waals surface area contributed by atoms with E-state index in [1.54, 1.807) is 11.9 Å². The molecule has 0 heterocycles. The van der Waals surface area contributed by atoms with Crippen LogP contribution in [0.3, 0.4) is 0 Å². The van der Waals surface area contributed by atoms with Crippen molar-refractivity contribution in [2.75, 3.05) is 11.0 Å². The first kappa shape index (κ1) is 13.0. The predicted molar refractivity (Wildman–Crippen MR) is 73.9 cm³/mol. The maximum absolute atomic E-state index is 6.19. The molecule has 1 aromatic rings. The highest BCUT2D eigenvalue weighted by atomic mass is 35.5. The lowest BCUT2D eigenvalue weighted by Crippen LogP contribution is -2.08. The zero-order chi connectivity index (χ0) is 11.4. The Morgan fingerprint density at radius 2 is 2.13 bits per heavy atom. The van der Waals surface area contributed by atoms with E-state index in [4.69, 9.17) is 11.6 Å². The van der Waals surface area contributed by atoms with E-state index < -0.39 is 0 Å². The molecule has 84 valence electrons. The Hall–Kier alpha value is -0.0300. The van der Waals surface area contributed by atoms with Gasteiger partial charge in [0, 0.05) is 23.0 Å². The summed E-state index contributed by atoms with van der Waals surface area (Å²) in [5.74, 6) is 0. The minimum absolute atomic E-state index is 0.142. The third kappa shape index (κ3) is 3.21. The Morgan fingerprint density at radius 3 is 2.67 bits per heavy atom. The molecule has 15 heavy (non-hydrogen) atoms. The molecule has 1 unspecified atom stereocenters. The van der Waals surface area contributed by atoms with E-state index in [1.807, 2.05) is 19.2 Å². The third-order valence-corrected chi connectivity index (χ3v) is 3.35. The van der Waals surface area contributed by atoms with Crippen LogP contribution in [-0.4, -0.2) is 6.26 Å². The molecule has 1 rings (SSSR count). The van der Waals surface area contributed by atoms with Gasteiger partial charge in [-0.05, 0) is 31.0 Å². The first-order valence-electron chi connectivity index (χ1n) is 4.58. The lowest BCUT2D eigenvalue weighted by atomic mass is 10.1. The van der Waals surface area contributed by atoms with Gasteiger partial charge in [-0.15, -0.1) is 0 Å². The van der Waals surface area contributed by atoms with Crippen LogP contribution >= 0.6 is 36.4 Å². The van der Waals surface area contributed by atoms with E-state index >= 15 is 0 Å². The third-order valence-electron chi connectivity index (χ3n) is 2.22. The van der Waals surface area contributed by atoms with Crippen LogP contribution < -0.4 is 9.44 Å². The molecule has 0 amide bonds. The lowest BCUT2D eigenvalue weighted by Gasteiger charge is -2.15. The van der Waals surface area contributed by atoms with Crippen LogP contribution in [-0.2, 0) is 0 Å². The maximum atomic E-state index is 6.19. The summed E-state index contributed by atoms with van der Waals surface area (Å²) >= 11 is 11.8. The van der Waals surface area contributed by atoms with Crippen LogP contribution in [0.1, 0.15) is 24.1 Å². The monoisotopic (exact) mass is 262 g/mol. The van der Waals surface area contributed by atoms with Crippen molar-refractivity contribution >= 4 is 42.1 Å². The summed E-state index contributed by atoms with van der Waals surface area (Å²) in [5.41, 5.74) is 3.30. The molecule has 0 aromatic heterocycles. The van der Waals surface area contributed by atoms with Crippen molar-refractivity contribution in [3.63, 3.8) is 0 Å². The van der Waals surface area contributed by atoms with E-state index in [9.17, 15) is 0 Å². The Balaban J connectivity index is 3.07. The number of halogens is 1. The Bertz CT molecular complexity index is 344. The summed E-state index contributed by atoms with van der Waals surface area (Å²) in [6.07, 6.45) is 1.99. The highest BCUT2D eigenvalue weighted by Gasteiger charge is 2.10. The maximum Gasteiger partial charge on any atom is 0.0484 e. The number of anilines is 1. The molecule has 2 N–H and O–H groups in total. The average molecular weight is 263 g/mol. The van der Waals surface area contributed by atoms with Crippen molar-refractivity contribution in [1.29, 1.82) is 0 Å². The SMILES string of the molecule is CSNc1cc(Cl)c(C(C)NS)cc1C. The molecule has 0 fully saturated rings. The highest BCUT2D eigenvalue weighted by Crippen LogP contribution is 2.30. The molecule has 0 saturated heterocycles. The first-order chi connectivity index (χ1) is 7.10. The van der Waals surface area contributed by atoms with Crippen LogP contribution in [0.4, 0.5) is 5.69 Å². The van der Waals surface area contributed by atoms with Gasteiger partial charge in [-0.25, -0.2) is 0 Å². The number of hydrogen-bond acceptors (Lipinski definition) is 4. The van der Waals surface area contributed by atoms with Gasteiger partial charge in [0.25, 0.3) is 0 Å². The van der Waals surface area contributed by atoms with Gasteiger partial charge in [-0.3, -0.25) is 4.72 Å². The molecule has 0 saturated carbocycles. The van der Waals surface area contributed by atoms with Crippen LogP contribution in [0.5, 0.6) is 0 Å². The molecule has 0 aliphatic rings. The van der Waals surface area contributed by atoms with Gasteiger partial charge in [0.2, 0.25) is 0 Å². The second-order valence-electron chi connectivity index (χ2n) is 3.35. The zero-order valence-corrected chi connectivity index (χ0v) is 11.4.